The third kappa shape index (κ3) is 3.67. The SMILES string of the molecule is Cc1ccc(N2C[C@@H](C(=O)Oc3ccc4ccccc4c3)CC2=O)cc1[N+](=O)[O-]. The van der Waals surface area contributed by atoms with E-state index in [0.717, 1.165) is 10.8 Å². The number of aryl methyl sites for hydroxylation is 1. The van der Waals surface area contributed by atoms with Crippen molar-refractivity contribution in [3.05, 3.63) is 76.3 Å². The molecule has 146 valence electrons. The molecule has 0 radical (unpaired) electrons. The summed E-state index contributed by atoms with van der Waals surface area (Å²) in [7, 11) is 0. The van der Waals surface area contributed by atoms with Crippen LogP contribution in [0.2, 0.25) is 0 Å². The maximum absolute atomic E-state index is 12.6. The van der Waals surface area contributed by atoms with Crippen LogP contribution in [0.1, 0.15) is 12.0 Å². The van der Waals surface area contributed by atoms with Crippen LogP contribution in [0.3, 0.4) is 0 Å². The van der Waals surface area contributed by atoms with Crippen molar-refractivity contribution in [3.8, 4) is 5.75 Å². The van der Waals surface area contributed by atoms with Gasteiger partial charge in [-0.3, -0.25) is 19.7 Å². The van der Waals surface area contributed by atoms with Crippen molar-refractivity contribution in [3.63, 3.8) is 0 Å². The third-order valence-corrected chi connectivity index (χ3v) is 5.10. The fourth-order valence-corrected chi connectivity index (χ4v) is 3.51. The molecule has 0 spiro atoms. The van der Waals surface area contributed by atoms with Crippen LogP contribution in [0, 0.1) is 23.0 Å². The van der Waals surface area contributed by atoms with Crippen LogP contribution in [0.15, 0.2) is 60.7 Å². The summed E-state index contributed by atoms with van der Waals surface area (Å²) in [6.07, 6.45) is 0.00802. The van der Waals surface area contributed by atoms with E-state index in [1.807, 2.05) is 30.3 Å². The summed E-state index contributed by atoms with van der Waals surface area (Å²) in [6, 6.07) is 17.7. The highest BCUT2D eigenvalue weighted by molar-refractivity contribution is 6.00. The number of carbonyl (C=O) groups is 2. The maximum Gasteiger partial charge on any atom is 0.316 e. The number of fused-ring (bicyclic) bond motifs is 1. The highest BCUT2D eigenvalue weighted by atomic mass is 16.6. The lowest BCUT2D eigenvalue weighted by Gasteiger charge is -2.17. The minimum atomic E-state index is -0.630. The number of amides is 1. The summed E-state index contributed by atoms with van der Waals surface area (Å²) in [6.45, 7) is 1.77. The molecule has 1 atom stereocenters. The van der Waals surface area contributed by atoms with Gasteiger partial charge in [0.05, 0.1) is 16.5 Å². The molecule has 1 aliphatic heterocycles. The molecule has 1 heterocycles. The second-order valence-corrected chi connectivity index (χ2v) is 7.06. The zero-order valence-electron chi connectivity index (χ0n) is 15.7. The monoisotopic (exact) mass is 390 g/mol. The van der Waals surface area contributed by atoms with Gasteiger partial charge >= 0.3 is 5.97 Å². The van der Waals surface area contributed by atoms with E-state index in [1.54, 1.807) is 31.2 Å². The summed E-state index contributed by atoms with van der Waals surface area (Å²) in [5.41, 5.74) is 0.864. The van der Waals surface area contributed by atoms with Gasteiger partial charge in [0.15, 0.2) is 0 Å². The van der Waals surface area contributed by atoms with Gasteiger partial charge in [-0.15, -0.1) is 0 Å². The van der Waals surface area contributed by atoms with Crippen molar-refractivity contribution in [2.75, 3.05) is 11.4 Å². The normalized spacial score (nSPS) is 16.2. The van der Waals surface area contributed by atoms with Gasteiger partial charge in [0, 0.05) is 24.6 Å². The number of rotatable bonds is 4. The van der Waals surface area contributed by atoms with Crippen LogP contribution in [0.4, 0.5) is 11.4 Å². The van der Waals surface area contributed by atoms with Gasteiger partial charge < -0.3 is 9.64 Å². The lowest BCUT2D eigenvalue weighted by atomic mass is 10.1. The van der Waals surface area contributed by atoms with Crippen LogP contribution in [0.5, 0.6) is 5.75 Å². The predicted octanol–water partition coefficient (Wildman–Crippen LogP) is 4.01. The van der Waals surface area contributed by atoms with Crippen LogP contribution >= 0.6 is 0 Å². The second kappa shape index (κ2) is 7.35. The molecule has 4 rings (SSSR count). The molecule has 1 saturated heterocycles. The largest absolute Gasteiger partial charge is 0.426 e. The van der Waals surface area contributed by atoms with E-state index < -0.39 is 16.8 Å². The number of carbonyl (C=O) groups excluding carboxylic acids is 2. The Kier molecular flexibility index (Phi) is 4.72. The van der Waals surface area contributed by atoms with E-state index in [0.29, 0.717) is 17.0 Å². The summed E-state index contributed by atoms with van der Waals surface area (Å²) >= 11 is 0. The molecule has 0 aliphatic carbocycles. The molecule has 0 aromatic heterocycles. The van der Waals surface area contributed by atoms with E-state index >= 15 is 0 Å². The Morgan fingerprint density at radius 1 is 1.10 bits per heavy atom. The van der Waals surface area contributed by atoms with Gasteiger partial charge in [-0.2, -0.15) is 0 Å². The fourth-order valence-electron chi connectivity index (χ4n) is 3.51. The lowest BCUT2D eigenvalue weighted by Crippen LogP contribution is -2.27. The Hall–Kier alpha value is -3.74. The highest BCUT2D eigenvalue weighted by Crippen LogP contribution is 2.31. The molecule has 1 amide bonds. The zero-order valence-corrected chi connectivity index (χ0v) is 15.7. The van der Waals surface area contributed by atoms with Crippen LogP contribution < -0.4 is 9.64 Å². The van der Waals surface area contributed by atoms with Crippen molar-refractivity contribution in [1.82, 2.24) is 0 Å². The minimum absolute atomic E-state index is 0.00802. The van der Waals surface area contributed by atoms with Gasteiger partial charge in [-0.1, -0.05) is 36.4 Å². The Labute approximate surface area is 166 Å². The molecular formula is C22H18N2O5. The molecule has 7 heteroatoms. The van der Waals surface area contributed by atoms with Crippen molar-refractivity contribution >= 4 is 34.0 Å². The van der Waals surface area contributed by atoms with Gasteiger partial charge in [-0.05, 0) is 35.9 Å². The molecule has 7 nitrogen and oxygen atoms in total. The number of nitro benzene ring substituents is 1. The van der Waals surface area contributed by atoms with Crippen molar-refractivity contribution in [2.45, 2.75) is 13.3 Å². The number of ether oxygens (including phenoxy) is 1. The number of esters is 1. The first kappa shape index (κ1) is 18.6. The standard InChI is InChI=1S/C22H18N2O5/c1-14-6-8-18(12-20(14)24(27)28)23-13-17(11-21(23)25)22(26)29-19-9-7-15-4-2-3-5-16(15)10-19/h2-10,12,17H,11,13H2,1H3/t17-/m0/s1. The van der Waals surface area contributed by atoms with Crippen LogP contribution in [0.25, 0.3) is 10.8 Å². The molecule has 3 aromatic carbocycles. The maximum atomic E-state index is 12.6. The van der Waals surface area contributed by atoms with Crippen LogP contribution in [-0.4, -0.2) is 23.3 Å². The molecular weight excluding hydrogens is 372 g/mol. The van der Waals surface area contributed by atoms with Gasteiger partial charge in [0.2, 0.25) is 5.91 Å². The average Bonchev–Trinajstić information content (AvgIpc) is 3.10. The molecule has 0 bridgehead atoms. The summed E-state index contributed by atoms with van der Waals surface area (Å²) in [5, 5.41) is 13.2. The van der Waals surface area contributed by atoms with Crippen molar-refractivity contribution in [2.24, 2.45) is 5.92 Å². The molecule has 0 unspecified atom stereocenters. The Morgan fingerprint density at radius 3 is 2.62 bits per heavy atom. The highest BCUT2D eigenvalue weighted by Gasteiger charge is 2.37. The number of hydrogen-bond acceptors (Lipinski definition) is 5. The Morgan fingerprint density at radius 2 is 1.86 bits per heavy atom. The molecule has 3 aromatic rings. The molecule has 0 N–H and O–H groups in total. The molecule has 0 saturated carbocycles. The number of anilines is 1. The third-order valence-electron chi connectivity index (χ3n) is 5.10. The van der Waals surface area contributed by atoms with E-state index in [2.05, 4.69) is 0 Å². The molecule has 1 fully saturated rings. The predicted molar refractivity (Wildman–Crippen MR) is 108 cm³/mol. The van der Waals surface area contributed by atoms with E-state index in [4.69, 9.17) is 4.74 Å². The quantitative estimate of drug-likeness (QED) is 0.291. The van der Waals surface area contributed by atoms with Crippen molar-refractivity contribution < 1.29 is 19.2 Å². The second-order valence-electron chi connectivity index (χ2n) is 7.06. The number of nitrogens with zero attached hydrogens (tertiary/aromatic N) is 2. The first-order valence-electron chi connectivity index (χ1n) is 9.18. The van der Waals surface area contributed by atoms with Gasteiger partial charge in [0.25, 0.3) is 5.69 Å². The Bertz CT molecular complexity index is 1140. The zero-order chi connectivity index (χ0) is 20.5. The number of nitro groups is 1. The van der Waals surface area contributed by atoms with E-state index in [9.17, 15) is 19.7 Å². The topological polar surface area (TPSA) is 89.8 Å². The van der Waals surface area contributed by atoms with E-state index in [1.165, 1.54) is 11.0 Å². The molecule has 29 heavy (non-hydrogen) atoms. The summed E-state index contributed by atoms with van der Waals surface area (Å²) < 4.78 is 5.49. The fraction of sp³-hybridized carbons (Fsp3) is 0.182. The van der Waals surface area contributed by atoms with E-state index in [-0.39, 0.29) is 24.6 Å². The first-order valence-corrected chi connectivity index (χ1v) is 9.18. The lowest BCUT2D eigenvalue weighted by molar-refractivity contribution is -0.385. The smallest absolute Gasteiger partial charge is 0.316 e. The number of hydrogen-bond donors (Lipinski definition) is 0. The number of benzene rings is 3. The minimum Gasteiger partial charge on any atom is -0.426 e. The summed E-state index contributed by atoms with van der Waals surface area (Å²) in [4.78, 5) is 37.1. The Balaban J connectivity index is 1.50. The first-order chi connectivity index (χ1) is 13.9. The average molecular weight is 390 g/mol. The molecule has 1 aliphatic rings. The van der Waals surface area contributed by atoms with Gasteiger partial charge in [0.1, 0.15) is 5.75 Å². The summed E-state index contributed by atoms with van der Waals surface area (Å²) in [5.74, 6) is -0.957. The van der Waals surface area contributed by atoms with Crippen molar-refractivity contribution in [1.29, 1.82) is 0 Å². The van der Waals surface area contributed by atoms with Gasteiger partial charge in [-0.25, -0.2) is 0 Å². The van der Waals surface area contributed by atoms with Crippen LogP contribution in [-0.2, 0) is 9.59 Å².